The van der Waals surface area contributed by atoms with E-state index in [1.165, 1.54) is 42.5 Å². The molecular weight excluding hydrogens is 401 g/mol. The van der Waals surface area contributed by atoms with Gasteiger partial charge in [0, 0.05) is 24.8 Å². The Bertz CT molecular complexity index is 862. The Morgan fingerprint density at radius 1 is 1.27 bits per heavy atom. The largest absolute Gasteiger partial charge is 0.487 e. The van der Waals surface area contributed by atoms with E-state index in [0.29, 0.717) is 24.4 Å². The number of benzene rings is 2. The van der Waals surface area contributed by atoms with E-state index in [1.54, 1.807) is 17.9 Å². The standard InChI is InChI=1S/C21H23F3N2O4/c1-21(28)13-26(10-9-18(21)29-17-4-2-3-14(22)11-17)12-19(27)25-15-5-7-16(8-6-15)30-20(23)24/h2-8,11,18,20,28H,9-10,12-13H2,1H3,(H,25,27)/t18-,21-/m0/s1. The molecule has 0 radical (unpaired) electrons. The topological polar surface area (TPSA) is 71.0 Å². The van der Waals surface area contributed by atoms with E-state index in [9.17, 15) is 23.1 Å². The lowest BCUT2D eigenvalue weighted by Gasteiger charge is -2.42. The molecule has 0 saturated carbocycles. The summed E-state index contributed by atoms with van der Waals surface area (Å²) in [7, 11) is 0. The Morgan fingerprint density at radius 2 is 2.00 bits per heavy atom. The normalized spacial score (nSPS) is 22.0. The molecule has 0 unspecified atom stereocenters. The number of rotatable bonds is 7. The summed E-state index contributed by atoms with van der Waals surface area (Å²) in [4.78, 5) is 14.1. The van der Waals surface area contributed by atoms with Gasteiger partial charge in [0.15, 0.2) is 0 Å². The van der Waals surface area contributed by atoms with E-state index in [0.717, 1.165) is 0 Å². The summed E-state index contributed by atoms with van der Waals surface area (Å²) < 4.78 is 47.7. The van der Waals surface area contributed by atoms with Gasteiger partial charge >= 0.3 is 6.61 Å². The second kappa shape index (κ2) is 9.36. The molecule has 2 aromatic rings. The summed E-state index contributed by atoms with van der Waals surface area (Å²) in [6, 6.07) is 11.3. The fourth-order valence-corrected chi connectivity index (χ4v) is 3.39. The molecule has 1 heterocycles. The second-order valence-electron chi connectivity index (χ2n) is 7.37. The highest BCUT2D eigenvalue weighted by molar-refractivity contribution is 5.92. The molecule has 1 aliphatic heterocycles. The number of β-amino-alcohol motifs (C(OH)–C–C–N with tert-alkyl or cyclic N) is 1. The van der Waals surface area contributed by atoms with Crippen molar-refractivity contribution in [2.45, 2.75) is 31.7 Å². The smallest absolute Gasteiger partial charge is 0.387 e. The van der Waals surface area contributed by atoms with Crippen LogP contribution in [0.15, 0.2) is 48.5 Å². The molecule has 30 heavy (non-hydrogen) atoms. The molecule has 1 aliphatic rings. The first-order chi connectivity index (χ1) is 14.2. The Kier molecular flexibility index (Phi) is 6.84. The fraction of sp³-hybridized carbons (Fsp3) is 0.381. The van der Waals surface area contributed by atoms with Crippen LogP contribution in [0.2, 0.25) is 0 Å². The molecule has 0 aliphatic carbocycles. The third-order valence-electron chi connectivity index (χ3n) is 4.75. The van der Waals surface area contributed by atoms with E-state index >= 15 is 0 Å². The Labute approximate surface area is 172 Å². The van der Waals surface area contributed by atoms with Gasteiger partial charge in [-0.15, -0.1) is 0 Å². The number of likely N-dealkylation sites (tertiary alicyclic amines) is 1. The van der Waals surface area contributed by atoms with Crippen molar-refractivity contribution in [2.75, 3.05) is 25.0 Å². The summed E-state index contributed by atoms with van der Waals surface area (Å²) in [5, 5.41) is 13.4. The SMILES string of the molecule is C[C@]1(O)CN(CC(=O)Nc2ccc(OC(F)F)cc2)CC[C@@H]1Oc1cccc(F)c1. The number of carbonyl (C=O) groups excluding carboxylic acids is 1. The Hall–Kier alpha value is -2.78. The number of hydrogen-bond donors (Lipinski definition) is 2. The minimum Gasteiger partial charge on any atom is -0.487 e. The zero-order valence-electron chi connectivity index (χ0n) is 16.4. The number of nitrogens with zero attached hydrogens (tertiary/aromatic N) is 1. The number of piperidine rings is 1. The van der Waals surface area contributed by atoms with Crippen molar-refractivity contribution in [3.05, 3.63) is 54.3 Å². The summed E-state index contributed by atoms with van der Waals surface area (Å²) >= 11 is 0. The maximum Gasteiger partial charge on any atom is 0.387 e. The molecule has 162 valence electrons. The van der Waals surface area contributed by atoms with Gasteiger partial charge < -0.3 is 19.9 Å². The predicted octanol–water partition coefficient (Wildman–Crippen LogP) is 3.27. The summed E-state index contributed by atoms with van der Waals surface area (Å²) in [6.45, 7) is -0.557. The lowest BCUT2D eigenvalue weighted by molar-refractivity contribution is -0.123. The number of anilines is 1. The summed E-state index contributed by atoms with van der Waals surface area (Å²) in [6.07, 6.45) is -0.0859. The molecule has 2 N–H and O–H groups in total. The van der Waals surface area contributed by atoms with Gasteiger partial charge in [-0.2, -0.15) is 8.78 Å². The molecule has 1 fully saturated rings. The first kappa shape index (κ1) is 21.9. The minimum absolute atomic E-state index is 0.000541. The highest BCUT2D eigenvalue weighted by Gasteiger charge is 2.40. The van der Waals surface area contributed by atoms with Crippen LogP contribution >= 0.6 is 0 Å². The van der Waals surface area contributed by atoms with Crippen molar-refractivity contribution < 1.29 is 32.5 Å². The lowest BCUT2D eigenvalue weighted by Crippen LogP contribution is -2.58. The average molecular weight is 424 g/mol. The highest BCUT2D eigenvalue weighted by atomic mass is 19.3. The molecule has 6 nitrogen and oxygen atoms in total. The molecule has 2 atom stereocenters. The van der Waals surface area contributed by atoms with Gasteiger partial charge in [-0.05, 0) is 49.7 Å². The van der Waals surface area contributed by atoms with Crippen LogP contribution in [0.25, 0.3) is 0 Å². The number of amides is 1. The van der Waals surface area contributed by atoms with E-state index in [1.807, 2.05) is 0 Å². The number of nitrogens with one attached hydrogen (secondary N) is 1. The third-order valence-corrected chi connectivity index (χ3v) is 4.75. The van der Waals surface area contributed by atoms with Gasteiger partial charge in [-0.25, -0.2) is 4.39 Å². The van der Waals surface area contributed by atoms with Gasteiger partial charge in [-0.1, -0.05) is 6.07 Å². The molecule has 1 amide bonds. The van der Waals surface area contributed by atoms with Gasteiger partial charge in [0.05, 0.1) is 6.54 Å². The van der Waals surface area contributed by atoms with Crippen LogP contribution in [0.3, 0.4) is 0 Å². The van der Waals surface area contributed by atoms with Crippen molar-refractivity contribution in [1.82, 2.24) is 4.90 Å². The van der Waals surface area contributed by atoms with Crippen molar-refractivity contribution in [3.8, 4) is 11.5 Å². The summed E-state index contributed by atoms with van der Waals surface area (Å²) in [5.74, 6) is -0.391. The van der Waals surface area contributed by atoms with E-state index in [-0.39, 0.29) is 24.7 Å². The van der Waals surface area contributed by atoms with Crippen LogP contribution in [0.1, 0.15) is 13.3 Å². The molecule has 0 aromatic heterocycles. The van der Waals surface area contributed by atoms with E-state index < -0.39 is 24.1 Å². The van der Waals surface area contributed by atoms with Crippen LogP contribution < -0.4 is 14.8 Å². The van der Waals surface area contributed by atoms with Gasteiger partial charge in [-0.3, -0.25) is 9.69 Å². The molecule has 2 aromatic carbocycles. The predicted molar refractivity (Wildman–Crippen MR) is 104 cm³/mol. The monoisotopic (exact) mass is 424 g/mol. The minimum atomic E-state index is -2.91. The molecule has 9 heteroatoms. The van der Waals surface area contributed by atoms with Crippen LogP contribution in [-0.2, 0) is 4.79 Å². The third kappa shape index (κ3) is 6.11. The Morgan fingerprint density at radius 3 is 2.63 bits per heavy atom. The van der Waals surface area contributed by atoms with Gasteiger partial charge in [0.2, 0.25) is 5.91 Å². The number of hydrogen-bond acceptors (Lipinski definition) is 5. The first-order valence-corrected chi connectivity index (χ1v) is 9.43. The van der Waals surface area contributed by atoms with Crippen LogP contribution in [0, 0.1) is 5.82 Å². The number of ether oxygens (including phenoxy) is 2. The van der Waals surface area contributed by atoms with Gasteiger partial charge in [0.25, 0.3) is 0 Å². The number of alkyl halides is 2. The zero-order valence-corrected chi connectivity index (χ0v) is 16.4. The van der Waals surface area contributed by atoms with E-state index in [4.69, 9.17) is 4.74 Å². The fourth-order valence-electron chi connectivity index (χ4n) is 3.39. The summed E-state index contributed by atoms with van der Waals surface area (Å²) in [5.41, 5.74) is -0.795. The Balaban J connectivity index is 1.51. The number of carbonyl (C=O) groups is 1. The van der Waals surface area contributed by atoms with Crippen LogP contribution in [0.4, 0.5) is 18.9 Å². The maximum absolute atomic E-state index is 13.3. The van der Waals surface area contributed by atoms with Crippen LogP contribution in [-0.4, -0.2) is 53.9 Å². The number of aliphatic hydroxyl groups is 1. The zero-order chi connectivity index (χ0) is 21.7. The molecule has 0 bridgehead atoms. The lowest BCUT2D eigenvalue weighted by atomic mass is 9.91. The highest BCUT2D eigenvalue weighted by Crippen LogP contribution is 2.27. The second-order valence-corrected chi connectivity index (χ2v) is 7.37. The number of halogens is 3. The van der Waals surface area contributed by atoms with Crippen molar-refractivity contribution in [1.29, 1.82) is 0 Å². The molecule has 1 saturated heterocycles. The molecule has 0 spiro atoms. The quantitative estimate of drug-likeness (QED) is 0.714. The van der Waals surface area contributed by atoms with Crippen molar-refractivity contribution in [2.24, 2.45) is 0 Å². The maximum atomic E-state index is 13.3. The average Bonchev–Trinajstić information content (AvgIpc) is 2.65. The molecular formula is C21H23F3N2O4. The van der Waals surface area contributed by atoms with Gasteiger partial charge in [0.1, 0.15) is 29.0 Å². The van der Waals surface area contributed by atoms with Crippen molar-refractivity contribution in [3.63, 3.8) is 0 Å². The first-order valence-electron chi connectivity index (χ1n) is 9.43. The van der Waals surface area contributed by atoms with E-state index in [2.05, 4.69) is 10.1 Å². The van der Waals surface area contributed by atoms with Crippen LogP contribution in [0.5, 0.6) is 11.5 Å². The molecule has 3 rings (SSSR count). The van der Waals surface area contributed by atoms with Crippen molar-refractivity contribution >= 4 is 11.6 Å².